The van der Waals surface area contributed by atoms with Gasteiger partial charge in [-0.2, -0.15) is 9.25 Å². The predicted molar refractivity (Wildman–Crippen MR) is 85.6 cm³/mol. The summed E-state index contributed by atoms with van der Waals surface area (Å²) in [7, 11) is 0. The molecule has 3 aromatic rings. The number of aromatic nitrogens is 2. The molecule has 0 amide bonds. The summed E-state index contributed by atoms with van der Waals surface area (Å²) in [5.41, 5.74) is 0. The van der Waals surface area contributed by atoms with E-state index in [1.165, 1.54) is 10.8 Å². The Hall–Kier alpha value is -1.45. The summed E-state index contributed by atoms with van der Waals surface area (Å²) in [5, 5.41) is 8.73. The molecule has 0 spiro atoms. The molecule has 0 aliphatic heterocycles. The monoisotopic (exact) mass is 414 g/mol. The van der Waals surface area contributed by atoms with Crippen LogP contribution in [0.4, 0.5) is 4.79 Å². The lowest BCUT2D eigenvalue weighted by Gasteiger charge is -1.90. The van der Waals surface area contributed by atoms with Crippen LogP contribution in [0.1, 0.15) is 0 Å². The fourth-order valence-electron chi connectivity index (χ4n) is 1.17. The van der Waals surface area contributed by atoms with Gasteiger partial charge in [-0.15, -0.1) is 0 Å². The number of halogens is 3. The third-order valence-electron chi connectivity index (χ3n) is 1.95. The van der Waals surface area contributed by atoms with Gasteiger partial charge in [0.15, 0.2) is 0 Å². The van der Waals surface area contributed by atoms with E-state index >= 15 is 0 Å². The maximum Gasteiger partial charge on any atom is 0.466 e. The zero-order valence-electron chi connectivity index (χ0n) is 11.1. The van der Waals surface area contributed by atoms with Crippen molar-refractivity contribution in [1.29, 1.82) is 0 Å². The van der Waals surface area contributed by atoms with Gasteiger partial charge in [-0.1, -0.05) is 18.3 Å². The fraction of sp³-hybridized carbons (Fsp3) is 0. The van der Waals surface area contributed by atoms with E-state index < -0.39 is 4.70 Å². The van der Waals surface area contributed by atoms with E-state index in [2.05, 4.69) is 35.4 Å². The van der Waals surface area contributed by atoms with Gasteiger partial charge in [0, 0.05) is 34.2 Å². The Balaban J connectivity index is 0.000000338. The van der Waals surface area contributed by atoms with Gasteiger partial charge >= 0.3 is 14.5 Å². The average molecular weight is 416 g/mol. The van der Waals surface area contributed by atoms with Gasteiger partial charge in [0.05, 0.1) is 0 Å². The van der Waals surface area contributed by atoms with Crippen LogP contribution < -0.4 is 21.9 Å². The minimum atomic E-state index is -0.889. The maximum absolute atomic E-state index is 10.6. The van der Waals surface area contributed by atoms with E-state index in [-0.39, 0.29) is 17.3 Å². The second-order valence-electron chi connectivity index (χ2n) is 3.42. The summed E-state index contributed by atoms with van der Waals surface area (Å²) < 4.78 is 6.63. The average Bonchev–Trinajstić information content (AvgIpc) is 2.82. The molecule has 6 nitrogen and oxygen atoms in total. The quantitative estimate of drug-likeness (QED) is 0.250. The largest absolute Gasteiger partial charge is 1.00 e. The minimum absolute atomic E-state index is 0. The van der Waals surface area contributed by atoms with Crippen LogP contribution in [0.3, 0.4) is 0 Å². The third kappa shape index (κ3) is 8.68. The molecule has 0 saturated carbocycles. The number of hydrogen-bond donors (Lipinski definition) is 1. The molecule has 3 aromatic heterocycles. The van der Waals surface area contributed by atoms with Crippen molar-refractivity contribution in [3.63, 3.8) is 0 Å². The second kappa shape index (κ2) is 11.1. The van der Waals surface area contributed by atoms with Gasteiger partial charge < -0.3 is 17.6 Å². The van der Waals surface area contributed by atoms with E-state index in [1.54, 1.807) is 24.4 Å². The van der Waals surface area contributed by atoms with Crippen molar-refractivity contribution in [2.45, 2.75) is 0 Å². The lowest BCUT2D eigenvalue weighted by atomic mass is 10.5. The standard InChI is InChI=1S/C6H4NO2S.C5H5NOS.CCl2O.ClH/c8-6-9-7-4-2-1-3-5(7)10-6;7-6-4-2-1-3-5(6)8;2-1(3)4;/h1-4H;1-4,7H;;1H/q+1;;;/p-1. The smallest absolute Gasteiger partial charge is 0.466 e. The molecular weight excluding hydrogens is 407 g/mol. The zero-order valence-corrected chi connectivity index (χ0v) is 15.0. The molecule has 3 heterocycles. The normalized spacial score (nSPS) is 8.78. The number of hydrogen-bond acceptors (Lipinski definition) is 6. The number of fused-ring (bicyclic) bond motifs is 1. The number of nitrogens with zero attached hydrogens (tertiary/aromatic N) is 2. The van der Waals surface area contributed by atoms with Crippen LogP contribution in [0, 0.1) is 4.64 Å². The van der Waals surface area contributed by atoms with Gasteiger partial charge in [-0.3, -0.25) is 4.79 Å². The predicted octanol–water partition coefficient (Wildman–Crippen LogP) is 0.483. The van der Waals surface area contributed by atoms with Gasteiger partial charge in [0.1, 0.15) is 4.64 Å². The van der Waals surface area contributed by atoms with Gasteiger partial charge in [-0.25, -0.2) is 4.79 Å². The van der Waals surface area contributed by atoms with Crippen molar-refractivity contribution in [2.24, 2.45) is 0 Å². The van der Waals surface area contributed by atoms with E-state index in [0.29, 0.717) is 4.64 Å². The number of pyridine rings is 2. The first-order valence-electron chi connectivity index (χ1n) is 5.53. The van der Waals surface area contributed by atoms with Crippen molar-refractivity contribution >= 4 is 56.3 Å². The molecule has 3 rings (SSSR count). The summed E-state index contributed by atoms with van der Waals surface area (Å²) in [4.78, 5) is 20.1. The summed E-state index contributed by atoms with van der Waals surface area (Å²) in [6.45, 7) is 0. The van der Waals surface area contributed by atoms with Crippen molar-refractivity contribution in [2.75, 3.05) is 0 Å². The van der Waals surface area contributed by atoms with E-state index in [0.717, 1.165) is 20.9 Å². The van der Waals surface area contributed by atoms with Crippen molar-refractivity contribution in [3.05, 3.63) is 63.2 Å². The lowest BCUT2D eigenvalue weighted by molar-refractivity contribution is -0.719. The third-order valence-corrected chi connectivity index (χ3v) is 3.04. The van der Waals surface area contributed by atoms with Crippen LogP contribution in [-0.2, 0) is 0 Å². The highest BCUT2D eigenvalue weighted by atomic mass is 35.5. The molecule has 0 fully saturated rings. The van der Waals surface area contributed by atoms with Crippen molar-refractivity contribution in [1.82, 2.24) is 4.73 Å². The van der Waals surface area contributed by atoms with Crippen LogP contribution in [0.15, 0.2) is 58.1 Å². The summed E-state index contributed by atoms with van der Waals surface area (Å²) in [5.74, 6) is 0. The first-order chi connectivity index (χ1) is 10.4. The molecule has 11 heteroatoms. The SMILES string of the molecule is O=C(Cl)Cl.O=c1o[n+]2ccccc2s1.On1ccccc1=S.[Cl-]. The maximum atomic E-state index is 10.6. The van der Waals surface area contributed by atoms with Gasteiger partial charge in [-0.05, 0) is 41.4 Å². The highest BCUT2D eigenvalue weighted by molar-refractivity contribution is 7.71. The Morgan fingerprint density at radius 1 is 1.26 bits per heavy atom. The molecule has 0 atom stereocenters. The number of carbonyl (C=O) groups is 1. The van der Waals surface area contributed by atoms with Gasteiger partial charge in [0.2, 0.25) is 6.20 Å². The summed E-state index contributed by atoms with van der Waals surface area (Å²) in [6, 6.07) is 10.6. The molecule has 0 bridgehead atoms. The van der Waals surface area contributed by atoms with E-state index in [1.807, 2.05) is 18.2 Å². The van der Waals surface area contributed by atoms with Gasteiger partial charge in [0.25, 0.3) is 0 Å². The first kappa shape index (κ1) is 21.6. The molecule has 0 aromatic carbocycles. The van der Waals surface area contributed by atoms with Crippen LogP contribution in [-0.4, -0.2) is 14.6 Å². The number of rotatable bonds is 0. The molecule has 0 aliphatic rings. The molecule has 0 unspecified atom stereocenters. The van der Waals surface area contributed by atoms with E-state index in [4.69, 9.17) is 14.5 Å². The lowest BCUT2D eigenvalue weighted by Crippen LogP contribution is -3.00. The topological polar surface area (TPSA) is 76.5 Å². The minimum Gasteiger partial charge on any atom is -1.00 e. The van der Waals surface area contributed by atoms with Crippen molar-refractivity contribution < 1.29 is 31.5 Å². The Morgan fingerprint density at radius 3 is 2.35 bits per heavy atom. The molecule has 1 N–H and O–H groups in total. The highest BCUT2D eigenvalue weighted by Gasteiger charge is 2.06. The molecule has 0 aliphatic carbocycles. The van der Waals surface area contributed by atoms with E-state index in [9.17, 15) is 4.79 Å². The van der Waals surface area contributed by atoms with Crippen LogP contribution in [0.25, 0.3) is 4.83 Å². The number of carbonyl (C=O) groups excluding carboxylic acids is 1. The van der Waals surface area contributed by atoms with Crippen molar-refractivity contribution in [3.8, 4) is 0 Å². The Kier molecular flexibility index (Phi) is 10.4. The van der Waals surface area contributed by atoms with Crippen LogP contribution >= 0.6 is 46.8 Å². The highest BCUT2D eigenvalue weighted by Crippen LogP contribution is 1.96. The Morgan fingerprint density at radius 2 is 1.87 bits per heavy atom. The first-order valence-corrected chi connectivity index (χ1v) is 7.51. The molecule has 124 valence electrons. The summed E-state index contributed by atoms with van der Waals surface area (Å²) >= 11 is 14.6. The van der Waals surface area contributed by atoms with Crippen LogP contribution in [0.2, 0.25) is 0 Å². The fourth-order valence-corrected chi connectivity index (χ4v) is 1.93. The second-order valence-corrected chi connectivity index (χ2v) is 5.67. The summed E-state index contributed by atoms with van der Waals surface area (Å²) in [6.07, 6.45) is 3.19. The molecular formula is C12H9Cl3N2O4S2. The molecule has 0 saturated heterocycles. The van der Waals surface area contributed by atoms with Crippen LogP contribution in [0.5, 0.6) is 0 Å². The molecule has 23 heavy (non-hydrogen) atoms. The molecule has 0 radical (unpaired) electrons. The Bertz CT molecular complexity index is 823. The zero-order chi connectivity index (χ0) is 16.5. The Labute approximate surface area is 155 Å².